The highest BCUT2D eigenvalue weighted by atomic mass is 35.5. The molecule has 0 fully saturated rings. The van der Waals surface area contributed by atoms with E-state index in [9.17, 15) is 4.79 Å². The van der Waals surface area contributed by atoms with Crippen LogP contribution in [-0.2, 0) is 0 Å². The van der Waals surface area contributed by atoms with Gasteiger partial charge in [-0.15, -0.1) is 11.3 Å². The second-order valence-electron chi connectivity index (χ2n) is 3.39. The Morgan fingerprint density at radius 1 is 1.35 bits per heavy atom. The maximum absolute atomic E-state index is 12.1. The Labute approximate surface area is 109 Å². The molecule has 0 radical (unpaired) electrons. The quantitative estimate of drug-likeness (QED) is 0.781. The van der Waals surface area contributed by atoms with Gasteiger partial charge in [0.25, 0.3) is 0 Å². The zero-order chi connectivity index (χ0) is 12.3. The van der Waals surface area contributed by atoms with Crippen molar-refractivity contribution in [1.82, 2.24) is 0 Å². The standard InChI is InChI=1S/C13H11ClO2S/c1-2-16-10-5-3-4-9(8-10)13(15)11-6-7-12(14)17-11/h3-8H,2H2,1H3. The monoisotopic (exact) mass is 266 g/mol. The van der Waals surface area contributed by atoms with Crippen LogP contribution >= 0.6 is 22.9 Å². The van der Waals surface area contributed by atoms with Crippen molar-refractivity contribution in [2.75, 3.05) is 6.61 Å². The first-order valence-electron chi connectivity index (χ1n) is 5.23. The molecule has 0 bridgehead atoms. The van der Waals surface area contributed by atoms with Gasteiger partial charge in [0.1, 0.15) is 5.75 Å². The van der Waals surface area contributed by atoms with Crippen molar-refractivity contribution in [3.63, 3.8) is 0 Å². The molecule has 0 aliphatic carbocycles. The first-order chi connectivity index (χ1) is 8.20. The number of carbonyl (C=O) groups is 1. The maximum Gasteiger partial charge on any atom is 0.203 e. The van der Waals surface area contributed by atoms with Crippen LogP contribution in [0.3, 0.4) is 0 Å². The van der Waals surface area contributed by atoms with Crippen molar-refractivity contribution in [2.45, 2.75) is 6.92 Å². The van der Waals surface area contributed by atoms with Crippen LogP contribution < -0.4 is 4.74 Å². The molecule has 0 saturated carbocycles. The smallest absolute Gasteiger partial charge is 0.203 e. The predicted molar refractivity (Wildman–Crippen MR) is 70.4 cm³/mol. The summed E-state index contributed by atoms with van der Waals surface area (Å²) in [4.78, 5) is 12.8. The fourth-order valence-electron chi connectivity index (χ4n) is 1.47. The average Bonchev–Trinajstić information content (AvgIpc) is 2.76. The Hall–Kier alpha value is -1.32. The molecule has 1 aromatic carbocycles. The van der Waals surface area contributed by atoms with Crippen LogP contribution in [0.2, 0.25) is 4.34 Å². The van der Waals surface area contributed by atoms with Crippen molar-refractivity contribution < 1.29 is 9.53 Å². The summed E-state index contributed by atoms with van der Waals surface area (Å²) in [6, 6.07) is 10.6. The molecular weight excluding hydrogens is 256 g/mol. The van der Waals surface area contributed by atoms with E-state index in [1.54, 1.807) is 24.3 Å². The minimum absolute atomic E-state index is 0.0246. The highest BCUT2D eigenvalue weighted by molar-refractivity contribution is 7.18. The Balaban J connectivity index is 2.27. The van der Waals surface area contributed by atoms with Crippen LogP contribution in [0.4, 0.5) is 0 Å². The van der Waals surface area contributed by atoms with Gasteiger partial charge in [-0.25, -0.2) is 0 Å². The number of hydrogen-bond donors (Lipinski definition) is 0. The number of carbonyl (C=O) groups excluding carboxylic acids is 1. The molecule has 1 heterocycles. The van der Waals surface area contributed by atoms with Crippen LogP contribution in [0, 0.1) is 0 Å². The molecule has 4 heteroatoms. The Morgan fingerprint density at radius 2 is 2.18 bits per heavy atom. The lowest BCUT2D eigenvalue weighted by molar-refractivity contribution is 0.104. The Bertz CT molecular complexity index is 534. The summed E-state index contributed by atoms with van der Waals surface area (Å²) >= 11 is 7.10. The van der Waals surface area contributed by atoms with E-state index in [2.05, 4.69) is 0 Å². The van der Waals surface area contributed by atoms with Gasteiger partial charge in [-0.1, -0.05) is 23.7 Å². The maximum atomic E-state index is 12.1. The van der Waals surface area contributed by atoms with E-state index < -0.39 is 0 Å². The van der Waals surface area contributed by atoms with Crippen molar-refractivity contribution >= 4 is 28.7 Å². The summed E-state index contributed by atoms with van der Waals surface area (Å²) in [5.74, 6) is 0.685. The van der Waals surface area contributed by atoms with Crippen LogP contribution in [0.25, 0.3) is 0 Å². The first kappa shape index (κ1) is 12.1. The van der Waals surface area contributed by atoms with Gasteiger partial charge in [-0.2, -0.15) is 0 Å². The van der Waals surface area contributed by atoms with Gasteiger partial charge in [-0.05, 0) is 31.2 Å². The average molecular weight is 267 g/mol. The van der Waals surface area contributed by atoms with Crippen molar-refractivity contribution in [2.24, 2.45) is 0 Å². The lowest BCUT2D eigenvalue weighted by Crippen LogP contribution is -1.99. The molecule has 0 amide bonds. The van der Waals surface area contributed by atoms with Gasteiger partial charge in [0.05, 0.1) is 15.8 Å². The summed E-state index contributed by atoms with van der Waals surface area (Å²) < 4.78 is 5.98. The van der Waals surface area contributed by atoms with E-state index in [-0.39, 0.29) is 5.78 Å². The third kappa shape index (κ3) is 2.87. The van der Waals surface area contributed by atoms with Crippen molar-refractivity contribution in [3.05, 3.63) is 51.2 Å². The molecule has 0 unspecified atom stereocenters. The topological polar surface area (TPSA) is 26.3 Å². The first-order valence-corrected chi connectivity index (χ1v) is 6.43. The van der Waals surface area contributed by atoms with E-state index in [0.717, 1.165) is 0 Å². The number of hydrogen-bond acceptors (Lipinski definition) is 3. The molecule has 0 atom stereocenters. The number of rotatable bonds is 4. The molecule has 0 aliphatic heterocycles. The highest BCUT2D eigenvalue weighted by Crippen LogP contribution is 2.25. The van der Waals surface area contributed by atoms with E-state index in [1.165, 1.54) is 11.3 Å². The zero-order valence-corrected chi connectivity index (χ0v) is 10.8. The lowest BCUT2D eigenvalue weighted by atomic mass is 10.1. The van der Waals surface area contributed by atoms with Crippen LogP contribution in [-0.4, -0.2) is 12.4 Å². The largest absolute Gasteiger partial charge is 0.494 e. The second-order valence-corrected chi connectivity index (χ2v) is 5.11. The number of ketones is 1. The van der Waals surface area contributed by atoms with Crippen molar-refractivity contribution in [3.8, 4) is 5.75 Å². The lowest BCUT2D eigenvalue weighted by Gasteiger charge is -2.04. The molecule has 0 saturated heterocycles. The minimum atomic E-state index is -0.0246. The number of halogens is 1. The zero-order valence-electron chi connectivity index (χ0n) is 9.27. The summed E-state index contributed by atoms with van der Waals surface area (Å²) in [5, 5.41) is 0. The highest BCUT2D eigenvalue weighted by Gasteiger charge is 2.12. The SMILES string of the molecule is CCOc1cccc(C(=O)c2ccc(Cl)s2)c1. The predicted octanol–water partition coefficient (Wildman–Crippen LogP) is 4.03. The van der Waals surface area contributed by atoms with Gasteiger partial charge in [-0.3, -0.25) is 4.79 Å². The summed E-state index contributed by atoms with van der Waals surface area (Å²) in [6.07, 6.45) is 0. The third-order valence-electron chi connectivity index (χ3n) is 2.20. The minimum Gasteiger partial charge on any atom is -0.494 e. The Kier molecular flexibility index (Phi) is 3.82. The molecule has 0 spiro atoms. The van der Waals surface area contributed by atoms with E-state index in [4.69, 9.17) is 16.3 Å². The van der Waals surface area contributed by atoms with Gasteiger partial charge >= 0.3 is 0 Å². The van der Waals surface area contributed by atoms with Gasteiger partial charge < -0.3 is 4.74 Å². The molecule has 0 N–H and O–H groups in total. The molecule has 2 nitrogen and oxygen atoms in total. The third-order valence-corrected chi connectivity index (χ3v) is 3.43. The van der Waals surface area contributed by atoms with Crippen LogP contribution in [0.15, 0.2) is 36.4 Å². The molecule has 17 heavy (non-hydrogen) atoms. The summed E-state index contributed by atoms with van der Waals surface area (Å²) in [6.45, 7) is 2.50. The Morgan fingerprint density at radius 3 is 2.82 bits per heavy atom. The number of ether oxygens (including phenoxy) is 1. The molecule has 2 aromatic rings. The van der Waals surface area contributed by atoms with Crippen LogP contribution in [0.5, 0.6) is 5.75 Å². The molecule has 88 valence electrons. The molecule has 0 aliphatic rings. The molecular formula is C13H11ClO2S. The van der Waals surface area contributed by atoms with Gasteiger partial charge in [0, 0.05) is 5.56 Å². The van der Waals surface area contributed by atoms with Crippen molar-refractivity contribution in [1.29, 1.82) is 0 Å². The van der Waals surface area contributed by atoms with E-state index in [1.807, 2.05) is 19.1 Å². The second kappa shape index (κ2) is 5.34. The van der Waals surface area contributed by atoms with Crippen LogP contribution in [0.1, 0.15) is 22.2 Å². The number of thiophene rings is 1. The summed E-state index contributed by atoms with van der Waals surface area (Å²) in [5.41, 5.74) is 0.620. The van der Waals surface area contributed by atoms with E-state index in [0.29, 0.717) is 27.1 Å². The fraction of sp³-hybridized carbons (Fsp3) is 0.154. The molecule has 1 aromatic heterocycles. The van der Waals surface area contributed by atoms with E-state index >= 15 is 0 Å². The fourth-order valence-corrected chi connectivity index (χ4v) is 2.48. The normalized spacial score (nSPS) is 10.2. The number of benzene rings is 1. The molecule has 2 rings (SSSR count). The van der Waals surface area contributed by atoms with Gasteiger partial charge in [0.2, 0.25) is 5.78 Å². The van der Waals surface area contributed by atoms with Gasteiger partial charge in [0.15, 0.2) is 0 Å². The summed E-state index contributed by atoms with van der Waals surface area (Å²) in [7, 11) is 0.